The van der Waals surface area contributed by atoms with Crippen LogP contribution in [-0.2, 0) is 5.41 Å². The fourth-order valence-electron chi connectivity index (χ4n) is 3.34. The molecule has 2 atom stereocenters. The van der Waals surface area contributed by atoms with Crippen molar-refractivity contribution in [3.05, 3.63) is 34.9 Å². The minimum absolute atomic E-state index is 0.0153. The molecule has 0 amide bonds. The molecule has 0 aromatic heterocycles. The SMILES string of the molecule is CNCC1C(C)(C)C1(C)c1cc(F)c(C)cc1F. The summed E-state index contributed by atoms with van der Waals surface area (Å²) < 4.78 is 27.8. The molecule has 1 N–H and O–H groups in total. The van der Waals surface area contributed by atoms with Crippen molar-refractivity contribution >= 4 is 0 Å². The van der Waals surface area contributed by atoms with E-state index in [1.165, 1.54) is 12.1 Å². The molecule has 1 aromatic carbocycles. The summed E-state index contributed by atoms with van der Waals surface area (Å²) in [7, 11) is 1.89. The third kappa shape index (κ3) is 1.60. The van der Waals surface area contributed by atoms with Gasteiger partial charge in [-0.25, -0.2) is 8.78 Å². The minimum Gasteiger partial charge on any atom is -0.319 e. The number of rotatable bonds is 3. The van der Waals surface area contributed by atoms with Gasteiger partial charge in [-0.3, -0.25) is 0 Å². The van der Waals surface area contributed by atoms with E-state index in [9.17, 15) is 8.78 Å². The lowest BCUT2D eigenvalue weighted by Crippen LogP contribution is -2.17. The van der Waals surface area contributed by atoms with Crippen LogP contribution >= 0.6 is 0 Å². The maximum absolute atomic E-state index is 14.1. The van der Waals surface area contributed by atoms with Crippen molar-refractivity contribution in [1.29, 1.82) is 0 Å². The minimum atomic E-state index is -0.321. The smallest absolute Gasteiger partial charge is 0.127 e. The molecular weight excluding hydrogens is 232 g/mol. The molecule has 1 aliphatic rings. The van der Waals surface area contributed by atoms with E-state index < -0.39 is 0 Å². The highest BCUT2D eigenvalue weighted by Gasteiger charge is 2.68. The second-order valence-corrected chi connectivity index (χ2v) is 6.12. The normalized spacial score (nSPS) is 29.4. The molecule has 100 valence electrons. The Morgan fingerprint density at radius 3 is 2.33 bits per heavy atom. The first-order valence-electron chi connectivity index (χ1n) is 6.37. The van der Waals surface area contributed by atoms with Gasteiger partial charge in [0.1, 0.15) is 11.6 Å². The predicted octanol–water partition coefficient (Wildman–Crippen LogP) is 3.41. The Kier molecular flexibility index (Phi) is 3.01. The van der Waals surface area contributed by atoms with Crippen molar-refractivity contribution in [2.45, 2.75) is 33.1 Å². The van der Waals surface area contributed by atoms with Gasteiger partial charge in [-0.05, 0) is 55.1 Å². The lowest BCUT2D eigenvalue weighted by Gasteiger charge is -2.17. The van der Waals surface area contributed by atoms with Crippen molar-refractivity contribution in [3.8, 4) is 0 Å². The fourth-order valence-corrected chi connectivity index (χ4v) is 3.34. The van der Waals surface area contributed by atoms with Crippen LogP contribution in [0.5, 0.6) is 0 Å². The summed E-state index contributed by atoms with van der Waals surface area (Å²) >= 11 is 0. The molecule has 2 unspecified atom stereocenters. The number of halogens is 2. The van der Waals surface area contributed by atoms with Gasteiger partial charge in [-0.2, -0.15) is 0 Å². The summed E-state index contributed by atoms with van der Waals surface area (Å²) in [5, 5.41) is 3.14. The van der Waals surface area contributed by atoms with E-state index in [0.717, 1.165) is 6.54 Å². The Hall–Kier alpha value is -0.960. The zero-order valence-electron chi connectivity index (χ0n) is 11.7. The summed E-state index contributed by atoms with van der Waals surface area (Å²) in [5.74, 6) is -0.284. The molecular formula is C15H21F2N. The number of hydrogen-bond donors (Lipinski definition) is 1. The molecule has 3 heteroatoms. The van der Waals surface area contributed by atoms with Crippen molar-refractivity contribution in [1.82, 2.24) is 5.32 Å². The Labute approximate surface area is 108 Å². The molecule has 0 bridgehead atoms. The van der Waals surface area contributed by atoms with Gasteiger partial charge in [0.05, 0.1) is 0 Å². The Morgan fingerprint density at radius 2 is 1.78 bits per heavy atom. The molecule has 1 fully saturated rings. The Balaban J connectivity index is 2.47. The van der Waals surface area contributed by atoms with E-state index in [2.05, 4.69) is 19.2 Å². The summed E-state index contributed by atoms with van der Waals surface area (Å²) in [6.45, 7) is 8.67. The van der Waals surface area contributed by atoms with Crippen LogP contribution in [-0.4, -0.2) is 13.6 Å². The van der Waals surface area contributed by atoms with E-state index in [1.54, 1.807) is 6.92 Å². The lowest BCUT2D eigenvalue weighted by atomic mass is 9.88. The molecule has 1 aromatic rings. The van der Waals surface area contributed by atoms with Crippen molar-refractivity contribution in [3.63, 3.8) is 0 Å². The van der Waals surface area contributed by atoms with Gasteiger partial charge >= 0.3 is 0 Å². The highest BCUT2D eigenvalue weighted by molar-refractivity contribution is 5.41. The van der Waals surface area contributed by atoms with Gasteiger partial charge in [-0.1, -0.05) is 20.8 Å². The van der Waals surface area contributed by atoms with Crippen molar-refractivity contribution in [2.24, 2.45) is 11.3 Å². The molecule has 0 spiro atoms. The predicted molar refractivity (Wildman–Crippen MR) is 69.6 cm³/mol. The van der Waals surface area contributed by atoms with Crippen LogP contribution in [0, 0.1) is 29.9 Å². The Bertz CT molecular complexity index is 482. The van der Waals surface area contributed by atoms with Crippen molar-refractivity contribution < 1.29 is 8.78 Å². The van der Waals surface area contributed by atoms with Crippen LogP contribution in [0.1, 0.15) is 31.9 Å². The first-order valence-corrected chi connectivity index (χ1v) is 6.37. The fraction of sp³-hybridized carbons (Fsp3) is 0.600. The topological polar surface area (TPSA) is 12.0 Å². The summed E-state index contributed by atoms with van der Waals surface area (Å²) in [6.07, 6.45) is 0. The highest BCUT2D eigenvalue weighted by Crippen LogP contribution is 2.69. The average Bonchev–Trinajstić information content (AvgIpc) is 2.70. The van der Waals surface area contributed by atoms with Crippen LogP contribution in [0.2, 0.25) is 0 Å². The van der Waals surface area contributed by atoms with Crippen LogP contribution in [0.3, 0.4) is 0 Å². The molecule has 1 nitrogen and oxygen atoms in total. The van der Waals surface area contributed by atoms with Gasteiger partial charge in [0.25, 0.3) is 0 Å². The van der Waals surface area contributed by atoms with E-state index in [1.807, 2.05) is 14.0 Å². The van der Waals surface area contributed by atoms with Gasteiger partial charge in [-0.15, -0.1) is 0 Å². The number of hydrogen-bond acceptors (Lipinski definition) is 1. The third-order valence-corrected chi connectivity index (χ3v) is 5.04. The molecule has 0 saturated heterocycles. The van der Waals surface area contributed by atoms with Crippen LogP contribution in [0.25, 0.3) is 0 Å². The van der Waals surface area contributed by atoms with E-state index in [4.69, 9.17) is 0 Å². The number of aryl methyl sites for hydroxylation is 1. The van der Waals surface area contributed by atoms with Crippen LogP contribution in [0.15, 0.2) is 12.1 Å². The van der Waals surface area contributed by atoms with Crippen LogP contribution < -0.4 is 5.32 Å². The van der Waals surface area contributed by atoms with Gasteiger partial charge in [0.15, 0.2) is 0 Å². The number of benzene rings is 1. The second-order valence-electron chi connectivity index (χ2n) is 6.12. The molecule has 1 aliphatic carbocycles. The van der Waals surface area contributed by atoms with E-state index in [-0.39, 0.29) is 22.5 Å². The molecule has 0 aliphatic heterocycles. The highest BCUT2D eigenvalue weighted by atomic mass is 19.1. The molecule has 0 radical (unpaired) electrons. The zero-order chi connectivity index (χ0) is 13.7. The largest absolute Gasteiger partial charge is 0.319 e. The van der Waals surface area contributed by atoms with Crippen molar-refractivity contribution in [2.75, 3.05) is 13.6 Å². The Morgan fingerprint density at radius 1 is 1.17 bits per heavy atom. The average molecular weight is 253 g/mol. The first-order chi connectivity index (χ1) is 8.26. The van der Waals surface area contributed by atoms with E-state index in [0.29, 0.717) is 17.0 Å². The zero-order valence-corrected chi connectivity index (χ0v) is 11.7. The maximum atomic E-state index is 14.1. The number of nitrogens with one attached hydrogen (secondary N) is 1. The summed E-state index contributed by atoms with van der Waals surface area (Å²) in [4.78, 5) is 0. The summed E-state index contributed by atoms with van der Waals surface area (Å²) in [5.41, 5.74) is 0.562. The van der Waals surface area contributed by atoms with Gasteiger partial charge in [0, 0.05) is 5.41 Å². The van der Waals surface area contributed by atoms with Crippen LogP contribution in [0.4, 0.5) is 8.78 Å². The quantitative estimate of drug-likeness (QED) is 0.870. The molecule has 2 rings (SSSR count). The first kappa shape index (κ1) is 13.5. The second kappa shape index (κ2) is 4.02. The monoisotopic (exact) mass is 253 g/mol. The standard InChI is InChI=1S/C15H21F2N/c1-9-6-12(17)10(7-11(9)16)15(4)13(8-18-5)14(15,2)3/h6-7,13,18H,8H2,1-5H3. The van der Waals surface area contributed by atoms with E-state index >= 15 is 0 Å². The molecule has 0 heterocycles. The van der Waals surface area contributed by atoms with Gasteiger partial charge < -0.3 is 5.32 Å². The lowest BCUT2D eigenvalue weighted by molar-refractivity contribution is 0.489. The molecule has 1 saturated carbocycles. The van der Waals surface area contributed by atoms with Gasteiger partial charge in [0.2, 0.25) is 0 Å². The summed E-state index contributed by atoms with van der Waals surface area (Å²) in [6, 6.07) is 2.68. The molecule has 18 heavy (non-hydrogen) atoms. The third-order valence-electron chi connectivity index (χ3n) is 5.04. The maximum Gasteiger partial charge on any atom is 0.127 e.